The average molecular weight is 1030 g/mol. The monoisotopic (exact) mass is 1030 g/mol. The van der Waals surface area contributed by atoms with Gasteiger partial charge in [-0.15, -0.1) is 0 Å². The first kappa shape index (κ1) is 50.5. The third-order valence-electron chi connectivity index (χ3n) is 15.4. The number of rotatable bonds is 13. The van der Waals surface area contributed by atoms with E-state index in [2.05, 4.69) is 251 Å². The van der Waals surface area contributed by atoms with Gasteiger partial charge in [-0.25, -0.2) is 14.8 Å². The van der Waals surface area contributed by atoms with Crippen molar-refractivity contribution in [2.24, 2.45) is 0 Å². The van der Waals surface area contributed by atoms with E-state index in [0.717, 1.165) is 78.2 Å². The maximum atomic E-state index is 7.61. The van der Waals surface area contributed by atoms with Gasteiger partial charge in [0.05, 0.1) is 40.0 Å². The van der Waals surface area contributed by atoms with Crippen molar-refractivity contribution in [2.45, 2.75) is 79.1 Å². The second kappa shape index (κ2) is 20.9. The molecule has 0 aliphatic rings. The number of hydrogen-bond donors (Lipinski definition) is 0. The maximum Gasteiger partial charge on any atom is 0.187 e. The van der Waals surface area contributed by atoms with Gasteiger partial charge in [-0.1, -0.05) is 195 Å². The highest BCUT2D eigenvalue weighted by Gasteiger charge is 2.27. The second-order valence-corrected chi connectivity index (χ2v) is 22.1. The van der Waals surface area contributed by atoms with Crippen molar-refractivity contribution in [3.8, 4) is 79.0 Å². The van der Waals surface area contributed by atoms with Gasteiger partial charge >= 0.3 is 0 Å². The average Bonchev–Trinajstić information content (AvgIpc) is 4.29. The van der Waals surface area contributed by atoms with E-state index in [-0.39, 0.29) is 23.7 Å². The van der Waals surface area contributed by atoms with E-state index >= 15 is 0 Å². The van der Waals surface area contributed by atoms with E-state index in [1.54, 1.807) is 0 Å². The largest absolute Gasteiger partial charge is 0.457 e. The van der Waals surface area contributed by atoms with Crippen molar-refractivity contribution in [2.75, 3.05) is 0 Å². The van der Waals surface area contributed by atoms with Gasteiger partial charge in [-0.2, -0.15) is 0 Å². The Morgan fingerprint density at radius 2 is 0.861 bits per heavy atom. The van der Waals surface area contributed by atoms with E-state index in [4.69, 9.17) is 21.3 Å². The van der Waals surface area contributed by atoms with E-state index in [1.165, 1.54) is 50.2 Å². The molecular formula is C73H63N5O. The van der Waals surface area contributed by atoms with Crippen LogP contribution in [0.15, 0.2) is 212 Å². The van der Waals surface area contributed by atoms with Crippen LogP contribution in [0.5, 0.6) is 11.5 Å². The Balaban J connectivity index is 1.04. The summed E-state index contributed by atoms with van der Waals surface area (Å²) in [5.74, 6) is 3.96. The third-order valence-corrected chi connectivity index (χ3v) is 15.4. The van der Waals surface area contributed by atoms with E-state index in [1.807, 2.05) is 30.3 Å². The number of fused-ring (bicyclic) bond motifs is 3. The SMILES string of the molecule is [C-]#[N+]c1ccc(-c2ccc3nc(-c4cc(Oc5cccc(-c6nc7ccccc7n6-c6c(C(C)C)cc(-c7ccccc7)cc6C(C)C)c5)c5ccccc5c4)n(-c4c(C(C)C)cc(-c5ccccc5)cc4C(C)C)c3c2)cc1. The number of nitrogens with zero attached hydrogens (tertiary/aromatic N) is 5. The Bertz CT molecular complexity index is 4230. The summed E-state index contributed by atoms with van der Waals surface area (Å²) in [7, 11) is 0. The van der Waals surface area contributed by atoms with Crippen LogP contribution in [0.3, 0.4) is 0 Å². The summed E-state index contributed by atoms with van der Waals surface area (Å²) in [5.41, 5.74) is 20.6. The van der Waals surface area contributed by atoms with Gasteiger partial charge in [0.1, 0.15) is 23.1 Å². The highest BCUT2D eigenvalue weighted by molar-refractivity contribution is 5.95. The zero-order valence-corrected chi connectivity index (χ0v) is 46.2. The molecule has 79 heavy (non-hydrogen) atoms. The molecule has 0 amide bonds. The van der Waals surface area contributed by atoms with E-state index in [0.29, 0.717) is 11.4 Å². The lowest BCUT2D eigenvalue weighted by Crippen LogP contribution is -2.09. The normalized spacial score (nSPS) is 11.7. The first-order valence-corrected chi connectivity index (χ1v) is 27.7. The van der Waals surface area contributed by atoms with Crippen molar-refractivity contribution in [3.63, 3.8) is 0 Å². The minimum absolute atomic E-state index is 0.185. The van der Waals surface area contributed by atoms with Crippen molar-refractivity contribution < 1.29 is 4.74 Å². The Labute approximate surface area is 464 Å². The summed E-state index contributed by atoms with van der Waals surface area (Å²) in [6.45, 7) is 25.9. The molecule has 0 radical (unpaired) electrons. The molecule has 10 aromatic carbocycles. The predicted octanol–water partition coefficient (Wildman–Crippen LogP) is 20.7. The van der Waals surface area contributed by atoms with Crippen molar-refractivity contribution in [1.29, 1.82) is 0 Å². The van der Waals surface area contributed by atoms with Crippen LogP contribution in [0.1, 0.15) is 101 Å². The summed E-state index contributed by atoms with van der Waals surface area (Å²) in [4.78, 5) is 14.7. The molecule has 6 heteroatoms. The fourth-order valence-electron chi connectivity index (χ4n) is 11.4. The Kier molecular flexibility index (Phi) is 13.4. The molecule has 2 heterocycles. The molecule has 0 bridgehead atoms. The van der Waals surface area contributed by atoms with Gasteiger partial charge < -0.3 is 4.74 Å². The van der Waals surface area contributed by atoms with Crippen LogP contribution in [0.2, 0.25) is 0 Å². The van der Waals surface area contributed by atoms with Crippen molar-refractivity contribution in [1.82, 2.24) is 19.1 Å². The quantitative estimate of drug-likeness (QED) is 0.108. The van der Waals surface area contributed by atoms with Gasteiger partial charge in [0.2, 0.25) is 0 Å². The first-order chi connectivity index (χ1) is 38.4. The summed E-state index contributed by atoms with van der Waals surface area (Å²) in [6.07, 6.45) is 0. The fourth-order valence-corrected chi connectivity index (χ4v) is 11.4. The van der Waals surface area contributed by atoms with E-state index in [9.17, 15) is 0 Å². The molecule has 0 atom stereocenters. The number of benzene rings is 10. The lowest BCUT2D eigenvalue weighted by Gasteiger charge is -2.25. The highest BCUT2D eigenvalue weighted by Crippen LogP contribution is 2.45. The molecule has 386 valence electrons. The number of hydrogen-bond acceptors (Lipinski definition) is 3. The molecule has 0 saturated heterocycles. The molecular weight excluding hydrogens is 963 g/mol. The molecule has 0 N–H and O–H groups in total. The minimum atomic E-state index is 0.185. The molecule has 0 fully saturated rings. The van der Waals surface area contributed by atoms with Gasteiger partial charge in [-0.3, -0.25) is 9.13 Å². The van der Waals surface area contributed by atoms with Crippen molar-refractivity contribution in [3.05, 3.63) is 246 Å². The molecule has 0 saturated carbocycles. The number of imidazole rings is 2. The fraction of sp³-hybridized carbons (Fsp3) is 0.164. The van der Waals surface area contributed by atoms with Crippen LogP contribution in [0.4, 0.5) is 5.69 Å². The van der Waals surface area contributed by atoms with Crippen LogP contribution in [-0.4, -0.2) is 19.1 Å². The standard InChI is InChI=1S/C73H63N5O/c1-45(2)61-39-55(49-21-12-10-13-22-49)40-62(46(3)4)70(61)77-67-30-19-18-29-65(67)75-72(77)54-26-20-27-59(38-54)79-69-44-57(37-53-25-16-17-28-60(53)69)73-76-66-36-33-52(51-31-34-58(74-9)35-32-51)43-68(66)78(73)71-63(47(5)6)41-56(42-64(71)48(7)8)50-23-14-11-15-24-50/h10-48H,1-8H3. The summed E-state index contributed by atoms with van der Waals surface area (Å²) in [5, 5.41) is 2.04. The van der Waals surface area contributed by atoms with Crippen molar-refractivity contribution >= 4 is 38.5 Å². The topological polar surface area (TPSA) is 49.2 Å². The first-order valence-electron chi connectivity index (χ1n) is 27.7. The molecule has 2 aromatic heterocycles. The van der Waals surface area contributed by atoms with Crippen LogP contribution in [-0.2, 0) is 0 Å². The lowest BCUT2D eigenvalue weighted by atomic mass is 9.88. The van der Waals surface area contributed by atoms with Gasteiger partial charge in [-0.05, 0) is 157 Å². The number of ether oxygens (including phenoxy) is 1. The second-order valence-electron chi connectivity index (χ2n) is 22.1. The minimum Gasteiger partial charge on any atom is -0.457 e. The molecule has 12 rings (SSSR count). The third kappa shape index (κ3) is 9.46. The molecule has 12 aromatic rings. The highest BCUT2D eigenvalue weighted by atomic mass is 16.5. The van der Waals surface area contributed by atoms with E-state index < -0.39 is 0 Å². The smallest absolute Gasteiger partial charge is 0.187 e. The van der Waals surface area contributed by atoms with Crippen LogP contribution in [0.25, 0.3) is 105 Å². The Morgan fingerprint density at radius 3 is 1.44 bits per heavy atom. The zero-order chi connectivity index (χ0) is 54.5. The number of aromatic nitrogens is 4. The van der Waals surface area contributed by atoms with Crippen LogP contribution < -0.4 is 4.74 Å². The molecule has 0 spiro atoms. The predicted molar refractivity (Wildman–Crippen MR) is 330 cm³/mol. The molecule has 0 aliphatic heterocycles. The lowest BCUT2D eigenvalue weighted by molar-refractivity contribution is 0.488. The molecule has 0 unspecified atom stereocenters. The maximum absolute atomic E-state index is 7.61. The van der Waals surface area contributed by atoms with Crippen LogP contribution >= 0.6 is 0 Å². The molecule has 6 nitrogen and oxygen atoms in total. The van der Waals surface area contributed by atoms with Gasteiger partial charge in [0.25, 0.3) is 0 Å². The van der Waals surface area contributed by atoms with Crippen LogP contribution in [0, 0.1) is 6.57 Å². The zero-order valence-electron chi connectivity index (χ0n) is 46.2. The summed E-state index contributed by atoms with van der Waals surface area (Å²) in [6, 6.07) is 75.2. The summed E-state index contributed by atoms with van der Waals surface area (Å²) >= 11 is 0. The Hall–Kier alpha value is -9.31. The van der Waals surface area contributed by atoms with Gasteiger partial charge in [0, 0.05) is 16.5 Å². The summed E-state index contributed by atoms with van der Waals surface area (Å²) < 4.78 is 12.0. The number of para-hydroxylation sites is 2. The van der Waals surface area contributed by atoms with Gasteiger partial charge in [0.15, 0.2) is 5.69 Å². The Morgan fingerprint density at radius 1 is 0.380 bits per heavy atom. The molecule has 0 aliphatic carbocycles.